The number of nitrogens with zero attached hydrogens (tertiary/aromatic N) is 1. The first-order valence-corrected chi connectivity index (χ1v) is 6.86. The zero-order chi connectivity index (χ0) is 12.4. The number of benzene rings is 2. The molecule has 1 heterocycles. The van der Waals surface area contributed by atoms with Crippen LogP contribution in [0.2, 0.25) is 0 Å². The topological polar surface area (TPSA) is 15.3 Å². The van der Waals surface area contributed by atoms with Crippen molar-refractivity contribution >= 4 is 40.8 Å². The van der Waals surface area contributed by atoms with Crippen molar-refractivity contribution in [2.45, 2.75) is 9.79 Å². The Morgan fingerprint density at radius 2 is 1.56 bits per heavy atom. The molecule has 0 saturated heterocycles. The largest absolute Gasteiger partial charge is 0.356 e. The molecule has 2 aromatic rings. The Morgan fingerprint density at radius 3 is 2.11 bits per heavy atom. The Balaban J connectivity index is 2.08. The predicted molar refractivity (Wildman–Crippen MR) is 79.7 cm³/mol. The second-order valence-electron chi connectivity index (χ2n) is 3.90. The lowest BCUT2D eigenvalue weighted by Crippen LogP contribution is -2.31. The summed E-state index contributed by atoms with van der Waals surface area (Å²) in [6.07, 6.45) is 0. The van der Waals surface area contributed by atoms with Gasteiger partial charge in [0, 0.05) is 9.79 Å². The zero-order valence-corrected chi connectivity index (χ0v) is 11.2. The van der Waals surface area contributed by atoms with Gasteiger partial charge in [0.2, 0.25) is 0 Å². The number of hydrogen-bond acceptors (Lipinski definition) is 3. The number of fused-ring (bicyclic) bond motifs is 2. The van der Waals surface area contributed by atoms with Crippen LogP contribution in [-0.2, 0) is 0 Å². The van der Waals surface area contributed by atoms with Gasteiger partial charge in [0.1, 0.15) is 5.49 Å². The first-order chi connectivity index (χ1) is 8.90. The number of anilines is 2. The van der Waals surface area contributed by atoms with Crippen LogP contribution in [0.4, 0.5) is 11.4 Å². The van der Waals surface area contributed by atoms with Gasteiger partial charge in [0.05, 0.1) is 18.0 Å². The van der Waals surface area contributed by atoms with E-state index in [1.807, 2.05) is 0 Å². The van der Waals surface area contributed by atoms with Crippen molar-refractivity contribution in [3.05, 3.63) is 48.5 Å². The molecule has 0 saturated carbocycles. The molecule has 1 aliphatic heterocycles. The molecular weight excluding hydrogens is 260 g/mol. The van der Waals surface area contributed by atoms with Gasteiger partial charge in [-0.15, -0.1) is 0 Å². The minimum absolute atomic E-state index is 0.637. The minimum atomic E-state index is 0.637. The Labute approximate surface area is 116 Å². The molecule has 89 valence electrons. The van der Waals surface area contributed by atoms with Crippen LogP contribution in [0, 0.1) is 0 Å². The van der Waals surface area contributed by atoms with E-state index in [0.29, 0.717) is 6.67 Å². The van der Waals surface area contributed by atoms with Crippen LogP contribution >= 0.6 is 24.0 Å². The van der Waals surface area contributed by atoms with E-state index in [0.717, 1.165) is 0 Å². The molecule has 2 nitrogen and oxygen atoms in total. The van der Waals surface area contributed by atoms with Gasteiger partial charge in [-0.3, -0.25) is 0 Å². The molecule has 3 rings (SSSR count). The summed E-state index contributed by atoms with van der Waals surface area (Å²) >= 11 is 6.53. The fourth-order valence-corrected chi connectivity index (χ4v) is 3.22. The van der Waals surface area contributed by atoms with Gasteiger partial charge in [-0.25, -0.2) is 0 Å². The summed E-state index contributed by atoms with van der Waals surface area (Å²) in [4.78, 5) is 4.75. The van der Waals surface area contributed by atoms with Crippen molar-refractivity contribution in [1.82, 2.24) is 5.32 Å². The van der Waals surface area contributed by atoms with E-state index in [9.17, 15) is 0 Å². The van der Waals surface area contributed by atoms with E-state index in [1.165, 1.54) is 21.2 Å². The highest BCUT2D eigenvalue weighted by Crippen LogP contribution is 2.47. The molecule has 4 heteroatoms. The van der Waals surface area contributed by atoms with Crippen molar-refractivity contribution in [1.29, 1.82) is 0 Å². The number of para-hydroxylation sites is 2. The van der Waals surface area contributed by atoms with Gasteiger partial charge >= 0.3 is 0 Å². The number of nitrogens with one attached hydrogen (secondary N) is 1. The summed E-state index contributed by atoms with van der Waals surface area (Å²) in [7, 11) is 0. The first-order valence-electron chi connectivity index (χ1n) is 5.63. The van der Waals surface area contributed by atoms with E-state index in [2.05, 4.69) is 64.2 Å². The van der Waals surface area contributed by atoms with Crippen LogP contribution in [0.1, 0.15) is 0 Å². The second kappa shape index (κ2) is 5.00. The fraction of sp³-hybridized carbons (Fsp3) is 0.0714. The molecular formula is C14H11N2S2. The summed E-state index contributed by atoms with van der Waals surface area (Å²) in [6, 6.07) is 16.8. The van der Waals surface area contributed by atoms with Crippen LogP contribution < -0.4 is 10.2 Å². The first kappa shape index (κ1) is 11.6. The van der Waals surface area contributed by atoms with Gasteiger partial charge in [0.25, 0.3) is 0 Å². The molecule has 0 spiro atoms. The molecule has 1 aliphatic rings. The van der Waals surface area contributed by atoms with Gasteiger partial charge in [-0.2, -0.15) is 0 Å². The Morgan fingerprint density at radius 1 is 1.00 bits per heavy atom. The lowest BCUT2D eigenvalue weighted by Gasteiger charge is -2.32. The van der Waals surface area contributed by atoms with E-state index < -0.39 is 0 Å². The van der Waals surface area contributed by atoms with Crippen LogP contribution in [0.5, 0.6) is 0 Å². The standard InChI is InChI=1S/C14H11N2S2/c17-10-15-9-16-11-5-1-3-7-13(11)18-14-8-4-2-6-12(14)16/h1-8H,9H2,(H,15,17). The van der Waals surface area contributed by atoms with Crippen molar-refractivity contribution in [3.8, 4) is 0 Å². The molecule has 0 atom stereocenters. The summed E-state index contributed by atoms with van der Waals surface area (Å²) < 4.78 is 0. The molecule has 1 radical (unpaired) electrons. The van der Waals surface area contributed by atoms with Crippen molar-refractivity contribution in [2.24, 2.45) is 0 Å². The van der Waals surface area contributed by atoms with Crippen molar-refractivity contribution in [3.63, 3.8) is 0 Å². The Hall–Kier alpha value is -1.52. The number of rotatable bonds is 3. The van der Waals surface area contributed by atoms with Gasteiger partial charge in [-0.05, 0) is 24.3 Å². The monoisotopic (exact) mass is 271 g/mol. The zero-order valence-electron chi connectivity index (χ0n) is 9.59. The molecule has 0 amide bonds. The maximum absolute atomic E-state index is 4.72. The molecule has 0 unspecified atom stereocenters. The van der Waals surface area contributed by atoms with E-state index in [-0.39, 0.29) is 0 Å². The Kier molecular flexibility index (Phi) is 3.21. The highest BCUT2D eigenvalue weighted by atomic mass is 32.2. The quantitative estimate of drug-likeness (QED) is 0.676. The second-order valence-corrected chi connectivity index (χ2v) is 5.19. The smallest absolute Gasteiger partial charge is 0.135 e. The third-order valence-electron chi connectivity index (χ3n) is 2.84. The number of thiocarbonyl (C=S) groups is 1. The Bertz CT molecular complexity index is 538. The molecule has 0 aliphatic carbocycles. The van der Waals surface area contributed by atoms with Crippen molar-refractivity contribution in [2.75, 3.05) is 11.6 Å². The normalized spacial score (nSPS) is 12.6. The fourth-order valence-electron chi connectivity index (χ4n) is 2.06. The van der Waals surface area contributed by atoms with Gasteiger partial charge in [0.15, 0.2) is 0 Å². The van der Waals surface area contributed by atoms with Crippen LogP contribution in [0.15, 0.2) is 58.3 Å². The van der Waals surface area contributed by atoms with E-state index in [1.54, 1.807) is 11.8 Å². The van der Waals surface area contributed by atoms with Crippen molar-refractivity contribution < 1.29 is 0 Å². The number of hydrogen-bond donors (Lipinski definition) is 1. The molecule has 0 fully saturated rings. The molecule has 1 N–H and O–H groups in total. The van der Waals surface area contributed by atoms with Crippen LogP contribution in [0.3, 0.4) is 0 Å². The average Bonchev–Trinajstić information content (AvgIpc) is 2.43. The molecule has 18 heavy (non-hydrogen) atoms. The maximum atomic E-state index is 4.72. The summed E-state index contributed by atoms with van der Waals surface area (Å²) in [6.45, 7) is 0.637. The van der Waals surface area contributed by atoms with E-state index >= 15 is 0 Å². The van der Waals surface area contributed by atoms with Crippen LogP contribution in [-0.4, -0.2) is 12.2 Å². The third-order valence-corrected chi connectivity index (χ3v) is 4.12. The molecule has 0 aromatic heterocycles. The predicted octanol–water partition coefficient (Wildman–Crippen LogP) is 3.67. The summed E-state index contributed by atoms with van der Waals surface area (Å²) in [5.41, 5.74) is 4.98. The summed E-state index contributed by atoms with van der Waals surface area (Å²) in [5, 5.41) is 2.98. The van der Waals surface area contributed by atoms with Crippen LogP contribution in [0.25, 0.3) is 0 Å². The lowest BCUT2D eigenvalue weighted by atomic mass is 10.2. The highest BCUT2D eigenvalue weighted by molar-refractivity contribution is 7.99. The molecule has 2 aromatic carbocycles. The highest BCUT2D eigenvalue weighted by Gasteiger charge is 2.21. The lowest BCUT2D eigenvalue weighted by molar-refractivity contribution is 0.876. The SMILES string of the molecule is S=[C]NCN1c2ccccc2Sc2ccccc21. The third kappa shape index (κ3) is 1.98. The van der Waals surface area contributed by atoms with Gasteiger partial charge < -0.3 is 10.2 Å². The molecule has 0 bridgehead atoms. The van der Waals surface area contributed by atoms with E-state index in [4.69, 9.17) is 12.2 Å². The summed E-state index contributed by atoms with van der Waals surface area (Å²) in [5.74, 6) is 0. The maximum Gasteiger partial charge on any atom is 0.135 e. The van der Waals surface area contributed by atoms with Gasteiger partial charge in [-0.1, -0.05) is 48.2 Å². The minimum Gasteiger partial charge on any atom is -0.356 e. The average molecular weight is 271 g/mol.